The van der Waals surface area contributed by atoms with Gasteiger partial charge in [-0.15, -0.1) is 0 Å². The Hall–Kier alpha value is -0.670. The molecule has 1 aliphatic carbocycles. The van der Waals surface area contributed by atoms with Crippen LogP contribution in [0.5, 0.6) is 0 Å². The second-order valence-electron chi connectivity index (χ2n) is 4.03. The van der Waals surface area contributed by atoms with Crippen LogP contribution in [0.25, 0.3) is 0 Å². The first-order valence-electron chi connectivity index (χ1n) is 5.20. The first-order valence-corrected chi connectivity index (χ1v) is 5.20. The molecule has 0 saturated heterocycles. The summed E-state index contributed by atoms with van der Waals surface area (Å²) in [5.41, 5.74) is 0. The van der Waals surface area contributed by atoms with E-state index >= 15 is 0 Å². The molecule has 1 N–H and O–H groups in total. The third kappa shape index (κ3) is 3.24. The number of carbonyl (C=O) groups is 1. The summed E-state index contributed by atoms with van der Waals surface area (Å²) in [7, 11) is 0. The highest BCUT2D eigenvalue weighted by Gasteiger charge is 2.24. The van der Waals surface area contributed by atoms with Crippen molar-refractivity contribution in [3.8, 4) is 0 Å². The Morgan fingerprint density at radius 3 is 2.57 bits per heavy atom. The van der Waals surface area contributed by atoms with Crippen molar-refractivity contribution in [1.29, 1.82) is 0 Å². The molecule has 0 aromatic carbocycles. The molecule has 0 aromatic heterocycles. The number of carbonyl (C=O) groups excluding carboxylic acids is 1. The van der Waals surface area contributed by atoms with Crippen LogP contribution in [0.15, 0.2) is 0 Å². The van der Waals surface area contributed by atoms with Crippen LogP contribution in [0.1, 0.15) is 39.0 Å². The predicted molar refractivity (Wildman–Crippen MR) is 50.2 cm³/mol. The lowest BCUT2D eigenvalue weighted by molar-refractivity contribution is -0.132. The van der Waals surface area contributed by atoms with E-state index in [-0.39, 0.29) is 6.04 Å². The fraction of sp³-hybridized carbons (Fsp3) is 0.900. The molecule has 0 bridgehead atoms. The zero-order chi connectivity index (χ0) is 10.6. The van der Waals surface area contributed by atoms with Crippen LogP contribution in [0.2, 0.25) is 0 Å². The zero-order valence-electron chi connectivity index (χ0n) is 8.43. The topological polar surface area (TPSA) is 29.1 Å². The van der Waals surface area contributed by atoms with E-state index in [1.807, 2.05) is 6.92 Å². The van der Waals surface area contributed by atoms with Gasteiger partial charge in [0.15, 0.2) is 0 Å². The van der Waals surface area contributed by atoms with Gasteiger partial charge in [-0.2, -0.15) is 8.78 Å². The monoisotopic (exact) mass is 205 g/mol. The first-order chi connectivity index (χ1) is 6.61. The molecule has 2 nitrogen and oxygen atoms in total. The Labute approximate surface area is 83.1 Å². The molecule has 0 heterocycles. The number of halogens is 2. The van der Waals surface area contributed by atoms with Crippen LogP contribution in [0, 0.1) is 5.92 Å². The maximum absolute atomic E-state index is 12.0. The average Bonchev–Trinajstić information content (AvgIpc) is 2.32. The fourth-order valence-electron chi connectivity index (χ4n) is 1.95. The minimum Gasteiger partial charge on any atom is -0.348 e. The van der Waals surface area contributed by atoms with Gasteiger partial charge in [0.1, 0.15) is 0 Å². The van der Waals surface area contributed by atoms with Crippen molar-refractivity contribution < 1.29 is 13.6 Å². The van der Waals surface area contributed by atoms with Crippen molar-refractivity contribution in [2.24, 2.45) is 5.92 Å². The van der Waals surface area contributed by atoms with Crippen LogP contribution in [0.4, 0.5) is 8.78 Å². The number of nitrogens with one attached hydrogen (secondary N) is 1. The molecule has 14 heavy (non-hydrogen) atoms. The van der Waals surface area contributed by atoms with Crippen LogP contribution in [0.3, 0.4) is 0 Å². The van der Waals surface area contributed by atoms with Crippen molar-refractivity contribution in [1.82, 2.24) is 5.32 Å². The quantitative estimate of drug-likeness (QED) is 0.689. The molecule has 1 fully saturated rings. The molecular formula is C10H17F2NO. The molecule has 1 amide bonds. The normalized spacial score (nSPS) is 28.6. The van der Waals surface area contributed by atoms with Gasteiger partial charge in [0.05, 0.1) is 0 Å². The van der Waals surface area contributed by atoms with E-state index in [9.17, 15) is 13.6 Å². The van der Waals surface area contributed by atoms with E-state index in [0.29, 0.717) is 5.92 Å². The van der Waals surface area contributed by atoms with Crippen molar-refractivity contribution >= 4 is 5.91 Å². The molecule has 1 aliphatic rings. The van der Waals surface area contributed by atoms with Gasteiger partial charge in [-0.05, 0) is 18.8 Å². The van der Waals surface area contributed by atoms with Crippen molar-refractivity contribution in [3.63, 3.8) is 0 Å². The zero-order valence-corrected chi connectivity index (χ0v) is 8.43. The standard InChI is InChI=1S/C10H17F2NO/c1-7-5-3-2-4-6-8(7)13-10(14)9(11)12/h7-9H,2-6H2,1H3,(H,13,14). The highest BCUT2D eigenvalue weighted by molar-refractivity contribution is 5.79. The highest BCUT2D eigenvalue weighted by atomic mass is 19.3. The smallest absolute Gasteiger partial charge is 0.315 e. The summed E-state index contributed by atoms with van der Waals surface area (Å²) in [5, 5.41) is 2.42. The minimum absolute atomic E-state index is 0.0565. The van der Waals surface area contributed by atoms with Crippen LogP contribution >= 0.6 is 0 Å². The molecule has 0 aromatic rings. The van der Waals surface area contributed by atoms with Crippen molar-refractivity contribution in [3.05, 3.63) is 0 Å². The third-order valence-corrected chi connectivity index (χ3v) is 2.89. The Kier molecular flexibility index (Phi) is 4.29. The average molecular weight is 205 g/mol. The Bertz CT molecular complexity index is 197. The molecule has 2 atom stereocenters. The van der Waals surface area contributed by atoms with E-state index in [4.69, 9.17) is 0 Å². The maximum atomic E-state index is 12.0. The molecule has 82 valence electrons. The van der Waals surface area contributed by atoms with E-state index in [1.165, 1.54) is 0 Å². The Balaban J connectivity index is 2.44. The SMILES string of the molecule is CC1CCCCCC1NC(=O)C(F)F. The van der Waals surface area contributed by atoms with Gasteiger partial charge in [-0.1, -0.05) is 26.2 Å². The van der Waals surface area contributed by atoms with E-state index in [0.717, 1.165) is 32.1 Å². The number of hydrogen-bond acceptors (Lipinski definition) is 1. The van der Waals surface area contributed by atoms with Crippen LogP contribution < -0.4 is 5.32 Å². The van der Waals surface area contributed by atoms with Crippen LogP contribution in [-0.2, 0) is 4.79 Å². The molecule has 2 unspecified atom stereocenters. The summed E-state index contributed by atoms with van der Waals surface area (Å²) < 4.78 is 24.0. The lowest BCUT2D eigenvalue weighted by Crippen LogP contribution is -2.41. The summed E-state index contributed by atoms with van der Waals surface area (Å²) in [5.74, 6) is -0.802. The first kappa shape index (κ1) is 11.4. The second-order valence-corrected chi connectivity index (χ2v) is 4.03. The van der Waals surface area contributed by atoms with Gasteiger partial charge in [0.25, 0.3) is 5.91 Å². The number of hydrogen-bond donors (Lipinski definition) is 1. The summed E-state index contributed by atoms with van der Waals surface area (Å²) in [6.07, 6.45) is 2.28. The Morgan fingerprint density at radius 1 is 1.29 bits per heavy atom. The van der Waals surface area contributed by atoms with Gasteiger partial charge in [0, 0.05) is 6.04 Å². The lowest BCUT2D eigenvalue weighted by atomic mass is 9.97. The predicted octanol–water partition coefficient (Wildman–Crippen LogP) is 2.34. The molecule has 4 heteroatoms. The molecule has 1 saturated carbocycles. The highest BCUT2D eigenvalue weighted by Crippen LogP contribution is 2.23. The van der Waals surface area contributed by atoms with Gasteiger partial charge in [-0.25, -0.2) is 0 Å². The molecule has 1 rings (SSSR count). The maximum Gasteiger partial charge on any atom is 0.315 e. The number of alkyl halides is 2. The minimum atomic E-state index is -2.88. The second kappa shape index (κ2) is 5.27. The summed E-state index contributed by atoms with van der Waals surface area (Å²) in [6.45, 7) is 2.02. The number of rotatable bonds is 2. The summed E-state index contributed by atoms with van der Waals surface area (Å²) >= 11 is 0. The van der Waals surface area contributed by atoms with Crippen molar-refractivity contribution in [2.75, 3.05) is 0 Å². The van der Waals surface area contributed by atoms with E-state index in [1.54, 1.807) is 0 Å². The van der Waals surface area contributed by atoms with Gasteiger partial charge in [-0.3, -0.25) is 4.79 Å². The summed E-state index contributed by atoms with van der Waals surface area (Å²) in [6, 6.07) is -0.0565. The lowest BCUT2D eigenvalue weighted by Gasteiger charge is -2.22. The van der Waals surface area contributed by atoms with Crippen molar-refractivity contribution in [2.45, 2.75) is 51.5 Å². The molecule has 0 aliphatic heterocycles. The summed E-state index contributed by atoms with van der Waals surface area (Å²) in [4.78, 5) is 10.8. The largest absolute Gasteiger partial charge is 0.348 e. The van der Waals surface area contributed by atoms with E-state index in [2.05, 4.69) is 5.32 Å². The van der Waals surface area contributed by atoms with Gasteiger partial charge < -0.3 is 5.32 Å². The fourth-order valence-corrected chi connectivity index (χ4v) is 1.95. The molecule has 0 spiro atoms. The third-order valence-electron chi connectivity index (χ3n) is 2.89. The number of amides is 1. The van der Waals surface area contributed by atoms with Gasteiger partial charge >= 0.3 is 6.43 Å². The molecular weight excluding hydrogens is 188 g/mol. The Morgan fingerprint density at radius 2 is 1.93 bits per heavy atom. The van der Waals surface area contributed by atoms with Gasteiger partial charge in [0.2, 0.25) is 0 Å². The van der Waals surface area contributed by atoms with Crippen LogP contribution in [-0.4, -0.2) is 18.4 Å². The van der Waals surface area contributed by atoms with E-state index < -0.39 is 12.3 Å². The molecule has 0 radical (unpaired) electrons.